The van der Waals surface area contributed by atoms with Crippen molar-refractivity contribution in [2.75, 3.05) is 6.61 Å². The van der Waals surface area contributed by atoms with E-state index in [1.54, 1.807) is 0 Å². The predicted octanol–water partition coefficient (Wildman–Crippen LogP) is 0.775. The van der Waals surface area contributed by atoms with Gasteiger partial charge >= 0.3 is 0 Å². The van der Waals surface area contributed by atoms with Crippen molar-refractivity contribution in [2.24, 2.45) is 11.8 Å². The van der Waals surface area contributed by atoms with Gasteiger partial charge in [0.25, 0.3) is 0 Å². The lowest BCUT2D eigenvalue weighted by atomic mass is 10.0. The van der Waals surface area contributed by atoms with Gasteiger partial charge in [-0.15, -0.1) is 0 Å². The van der Waals surface area contributed by atoms with Crippen LogP contribution in [0.25, 0.3) is 0 Å². The van der Waals surface area contributed by atoms with E-state index in [9.17, 15) is 4.79 Å². The van der Waals surface area contributed by atoms with Crippen LogP contribution in [0.15, 0.2) is 0 Å². The summed E-state index contributed by atoms with van der Waals surface area (Å²) in [5, 5.41) is 11.7. The molecule has 0 saturated carbocycles. The van der Waals surface area contributed by atoms with Crippen LogP contribution in [0.2, 0.25) is 0 Å². The Balaban J connectivity index is 3.94. The maximum Gasteiger partial charge on any atom is 0.222 e. The smallest absolute Gasteiger partial charge is 0.222 e. The summed E-state index contributed by atoms with van der Waals surface area (Å²) in [6.07, 6.45) is 0. The number of aliphatic hydroxyl groups is 1. The van der Waals surface area contributed by atoms with Gasteiger partial charge in [0, 0.05) is 5.92 Å². The molecular weight excluding hydrogens is 154 g/mol. The Hall–Kier alpha value is -0.570. The van der Waals surface area contributed by atoms with E-state index in [4.69, 9.17) is 5.11 Å². The normalized spacial score (nSPS) is 13.6. The Labute approximate surface area is 74.2 Å². The molecule has 0 spiro atoms. The van der Waals surface area contributed by atoms with Crippen LogP contribution in [0.1, 0.15) is 27.7 Å². The summed E-state index contributed by atoms with van der Waals surface area (Å²) in [6, 6.07) is -0.111. The van der Waals surface area contributed by atoms with Crippen molar-refractivity contribution in [3.8, 4) is 0 Å². The summed E-state index contributed by atoms with van der Waals surface area (Å²) in [7, 11) is 0. The van der Waals surface area contributed by atoms with E-state index in [0.717, 1.165) is 0 Å². The molecule has 0 aliphatic rings. The van der Waals surface area contributed by atoms with E-state index in [-0.39, 0.29) is 30.4 Å². The van der Waals surface area contributed by atoms with Crippen molar-refractivity contribution in [3.63, 3.8) is 0 Å². The van der Waals surface area contributed by atoms with E-state index >= 15 is 0 Å². The first-order valence-electron chi connectivity index (χ1n) is 4.40. The highest BCUT2D eigenvalue weighted by Gasteiger charge is 2.16. The van der Waals surface area contributed by atoms with Gasteiger partial charge < -0.3 is 10.4 Å². The molecular formula is C9H19NO2. The van der Waals surface area contributed by atoms with Gasteiger partial charge in [-0.1, -0.05) is 27.7 Å². The van der Waals surface area contributed by atoms with Crippen LogP contribution in [-0.2, 0) is 4.79 Å². The molecule has 0 aromatic rings. The Kier molecular flexibility index (Phi) is 4.90. The first-order valence-corrected chi connectivity index (χ1v) is 4.40. The first-order chi connectivity index (χ1) is 5.49. The standard InChI is InChI=1S/C9H19NO2/c1-6(2)8(5-11)10-9(12)7(3)4/h6-8,11H,5H2,1-4H3,(H,10,12). The molecule has 0 aromatic carbocycles. The minimum atomic E-state index is -0.111. The number of hydrogen-bond donors (Lipinski definition) is 2. The van der Waals surface area contributed by atoms with Crippen molar-refractivity contribution < 1.29 is 9.90 Å². The maximum absolute atomic E-state index is 11.2. The second kappa shape index (κ2) is 5.14. The van der Waals surface area contributed by atoms with Crippen LogP contribution < -0.4 is 5.32 Å². The lowest BCUT2D eigenvalue weighted by molar-refractivity contribution is -0.125. The zero-order valence-corrected chi connectivity index (χ0v) is 8.29. The number of nitrogens with one attached hydrogen (secondary N) is 1. The monoisotopic (exact) mass is 173 g/mol. The van der Waals surface area contributed by atoms with Gasteiger partial charge in [-0.3, -0.25) is 4.79 Å². The molecule has 3 heteroatoms. The number of carbonyl (C=O) groups is 1. The van der Waals surface area contributed by atoms with E-state index in [1.807, 2.05) is 27.7 Å². The highest BCUT2D eigenvalue weighted by Crippen LogP contribution is 2.02. The van der Waals surface area contributed by atoms with E-state index in [2.05, 4.69) is 5.32 Å². The summed E-state index contributed by atoms with van der Waals surface area (Å²) >= 11 is 0. The number of hydrogen-bond acceptors (Lipinski definition) is 2. The zero-order chi connectivity index (χ0) is 9.72. The van der Waals surface area contributed by atoms with Crippen molar-refractivity contribution in [2.45, 2.75) is 33.7 Å². The number of rotatable bonds is 4. The molecule has 0 rings (SSSR count). The molecule has 1 amide bonds. The first kappa shape index (κ1) is 11.4. The fraction of sp³-hybridized carbons (Fsp3) is 0.889. The highest BCUT2D eigenvalue weighted by atomic mass is 16.3. The summed E-state index contributed by atoms with van der Waals surface area (Å²) < 4.78 is 0. The molecule has 2 N–H and O–H groups in total. The Bertz CT molecular complexity index is 143. The average Bonchev–Trinajstić information content (AvgIpc) is 1.98. The molecule has 72 valence electrons. The van der Waals surface area contributed by atoms with Gasteiger partial charge in [0.2, 0.25) is 5.91 Å². The van der Waals surface area contributed by atoms with Crippen molar-refractivity contribution in [3.05, 3.63) is 0 Å². The van der Waals surface area contributed by atoms with E-state index < -0.39 is 0 Å². The van der Waals surface area contributed by atoms with Crippen LogP contribution in [-0.4, -0.2) is 23.7 Å². The van der Waals surface area contributed by atoms with Crippen molar-refractivity contribution >= 4 is 5.91 Å². The topological polar surface area (TPSA) is 49.3 Å². The van der Waals surface area contributed by atoms with Crippen LogP contribution in [0.3, 0.4) is 0 Å². The Morgan fingerprint density at radius 2 is 1.83 bits per heavy atom. The van der Waals surface area contributed by atoms with Crippen LogP contribution in [0.5, 0.6) is 0 Å². The minimum absolute atomic E-state index is 0.00255. The third-order valence-electron chi connectivity index (χ3n) is 1.85. The highest BCUT2D eigenvalue weighted by molar-refractivity contribution is 5.78. The molecule has 0 fully saturated rings. The fourth-order valence-corrected chi connectivity index (χ4v) is 0.773. The second-order valence-corrected chi connectivity index (χ2v) is 3.70. The molecule has 0 bridgehead atoms. The number of carbonyl (C=O) groups excluding carboxylic acids is 1. The summed E-state index contributed by atoms with van der Waals surface area (Å²) in [5.41, 5.74) is 0. The van der Waals surface area contributed by atoms with Gasteiger partial charge in [-0.2, -0.15) is 0 Å². The van der Waals surface area contributed by atoms with Crippen LogP contribution in [0, 0.1) is 11.8 Å². The van der Waals surface area contributed by atoms with E-state index in [0.29, 0.717) is 0 Å². The van der Waals surface area contributed by atoms with Crippen molar-refractivity contribution in [1.29, 1.82) is 0 Å². The maximum atomic E-state index is 11.2. The lowest BCUT2D eigenvalue weighted by Gasteiger charge is -2.20. The average molecular weight is 173 g/mol. The van der Waals surface area contributed by atoms with Crippen LogP contribution in [0.4, 0.5) is 0 Å². The zero-order valence-electron chi connectivity index (χ0n) is 8.29. The molecule has 1 unspecified atom stereocenters. The van der Waals surface area contributed by atoms with Crippen molar-refractivity contribution in [1.82, 2.24) is 5.32 Å². The molecule has 0 saturated heterocycles. The molecule has 0 radical (unpaired) electrons. The van der Waals surface area contributed by atoms with Gasteiger partial charge in [-0.25, -0.2) is 0 Å². The van der Waals surface area contributed by atoms with E-state index in [1.165, 1.54) is 0 Å². The molecule has 3 nitrogen and oxygen atoms in total. The predicted molar refractivity (Wildman–Crippen MR) is 48.7 cm³/mol. The summed E-state index contributed by atoms with van der Waals surface area (Å²) in [6.45, 7) is 7.63. The van der Waals surface area contributed by atoms with Gasteiger partial charge in [-0.05, 0) is 5.92 Å². The molecule has 0 aliphatic heterocycles. The van der Waals surface area contributed by atoms with Gasteiger partial charge in [0.1, 0.15) is 0 Å². The summed E-state index contributed by atoms with van der Waals surface area (Å²) in [4.78, 5) is 11.2. The molecule has 0 aliphatic carbocycles. The minimum Gasteiger partial charge on any atom is -0.394 e. The second-order valence-electron chi connectivity index (χ2n) is 3.70. The third kappa shape index (κ3) is 3.72. The number of amides is 1. The largest absolute Gasteiger partial charge is 0.394 e. The Morgan fingerprint density at radius 3 is 2.08 bits per heavy atom. The molecule has 12 heavy (non-hydrogen) atoms. The lowest BCUT2D eigenvalue weighted by Crippen LogP contribution is -2.42. The van der Waals surface area contributed by atoms with Crippen LogP contribution >= 0.6 is 0 Å². The van der Waals surface area contributed by atoms with Gasteiger partial charge in [0.05, 0.1) is 12.6 Å². The third-order valence-corrected chi connectivity index (χ3v) is 1.85. The SMILES string of the molecule is CC(C)C(=O)NC(CO)C(C)C. The summed E-state index contributed by atoms with van der Waals surface area (Å²) in [5.74, 6) is 0.262. The molecule has 0 aromatic heterocycles. The molecule has 0 heterocycles. The van der Waals surface area contributed by atoms with Gasteiger partial charge in [0.15, 0.2) is 0 Å². The Morgan fingerprint density at radius 1 is 1.33 bits per heavy atom. The fourth-order valence-electron chi connectivity index (χ4n) is 0.773. The molecule has 1 atom stereocenters. The number of aliphatic hydroxyl groups excluding tert-OH is 1. The quantitative estimate of drug-likeness (QED) is 0.660.